The van der Waals surface area contributed by atoms with Gasteiger partial charge in [0.25, 0.3) is 5.91 Å². The van der Waals surface area contributed by atoms with E-state index in [1.165, 1.54) is 0 Å². The maximum Gasteiger partial charge on any atom is 0.328 e. The Morgan fingerprint density at radius 1 is 1.04 bits per heavy atom. The van der Waals surface area contributed by atoms with Gasteiger partial charge in [0.15, 0.2) is 0 Å². The van der Waals surface area contributed by atoms with Crippen LogP contribution in [0.4, 0.5) is 20.4 Å². The number of likely N-dealkylation sites (tertiary alicyclic amines) is 2. The molecule has 50 heavy (non-hydrogen) atoms. The monoisotopic (exact) mass is 716 g/mol. The van der Waals surface area contributed by atoms with E-state index in [1.807, 2.05) is 37.8 Å². The number of esters is 1. The van der Waals surface area contributed by atoms with Gasteiger partial charge in [0, 0.05) is 62.2 Å². The van der Waals surface area contributed by atoms with Crippen LogP contribution in [0.1, 0.15) is 80.2 Å². The van der Waals surface area contributed by atoms with Gasteiger partial charge in [0.05, 0.1) is 23.6 Å². The van der Waals surface area contributed by atoms with Crippen molar-refractivity contribution in [3.63, 3.8) is 0 Å². The number of ether oxygens (including phenoxy) is 1. The molecule has 2 saturated heterocycles. The van der Waals surface area contributed by atoms with Crippen LogP contribution in [0.15, 0.2) is 18.2 Å². The highest BCUT2D eigenvalue weighted by atomic mass is 35.5. The van der Waals surface area contributed by atoms with Crippen molar-refractivity contribution in [2.45, 2.75) is 85.6 Å². The molecule has 0 spiro atoms. The Balaban J connectivity index is 1.16. The Morgan fingerprint density at radius 3 is 2.22 bits per heavy atom. The van der Waals surface area contributed by atoms with Crippen LogP contribution < -0.4 is 10.2 Å². The molecule has 2 aliphatic heterocycles. The van der Waals surface area contributed by atoms with Gasteiger partial charge in [-0.3, -0.25) is 9.59 Å². The number of hydrogen-bond donors (Lipinski definition) is 1. The van der Waals surface area contributed by atoms with Crippen molar-refractivity contribution < 1.29 is 27.9 Å². The molecule has 3 fully saturated rings. The average molecular weight is 717 g/mol. The van der Waals surface area contributed by atoms with Crippen molar-refractivity contribution in [2.24, 2.45) is 23.7 Å². The molecule has 1 N–H and O–H groups in total. The SMILES string of the molecule is CCOC(=O)[C@@H](Nc1nc(C)c(C(=O)N2CC3CN(CCCN(C(=O)C4CCC(F)(F)CC4)c4ccc(C)c(Cl)c4)CC3C2)c(C)n1)C(C)C. The van der Waals surface area contributed by atoms with Crippen molar-refractivity contribution in [2.75, 3.05) is 56.1 Å². The number of fused-ring (bicyclic) bond motifs is 1. The number of alkyl halides is 2. The third-order valence-electron chi connectivity index (χ3n) is 10.5. The number of nitrogens with one attached hydrogen (secondary N) is 1. The summed E-state index contributed by atoms with van der Waals surface area (Å²) in [4.78, 5) is 55.0. The van der Waals surface area contributed by atoms with Crippen molar-refractivity contribution in [3.05, 3.63) is 45.7 Å². The number of carbonyl (C=O) groups is 3. The molecule has 2 unspecified atom stereocenters. The second kappa shape index (κ2) is 15.9. The lowest BCUT2D eigenvalue weighted by Gasteiger charge is -2.32. The maximum absolute atomic E-state index is 13.9. The molecule has 274 valence electrons. The standard InChI is InChI=1S/C37H51ClF2N6O4/c1-7-50-35(49)32(22(2)3)43-36-41-24(5)31(25(6)42-36)34(48)45-20-27-18-44(19-28(27)21-45)15-8-16-46(29-10-9-23(4)30(38)17-29)33(47)26-11-13-37(39,40)14-12-26/h9-10,17,22,26-28,32H,7-8,11-16,18-21H2,1-6H3,(H,41,42,43)/t27?,28?,32-/m0/s1. The molecule has 3 aliphatic rings. The van der Waals surface area contributed by atoms with Crippen LogP contribution in [0.25, 0.3) is 0 Å². The average Bonchev–Trinajstić information content (AvgIpc) is 3.62. The largest absolute Gasteiger partial charge is 0.464 e. The van der Waals surface area contributed by atoms with Gasteiger partial charge < -0.3 is 24.8 Å². The summed E-state index contributed by atoms with van der Waals surface area (Å²) in [6.45, 7) is 15.7. The first-order chi connectivity index (χ1) is 23.7. The Hall–Kier alpha value is -3.38. The van der Waals surface area contributed by atoms with Crippen molar-refractivity contribution >= 4 is 41.0 Å². The molecular formula is C37H51ClF2N6O4. The molecule has 1 saturated carbocycles. The summed E-state index contributed by atoms with van der Waals surface area (Å²) < 4.78 is 32.9. The van der Waals surface area contributed by atoms with Crippen LogP contribution in [0.2, 0.25) is 5.02 Å². The fourth-order valence-electron chi connectivity index (χ4n) is 7.63. The molecule has 10 nitrogen and oxygen atoms in total. The Labute approximate surface area is 299 Å². The molecule has 2 amide bonds. The summed E-state index contributed by atoms with van der Waals surface area (Å²) in [6, 6.07) is 4.96. The van der Waals surface area contributed by atoms with Gasteiger partial charge in [-0.2, -0.15) is 0 Å². The minimum atomic E-state index is -2.69. The first-order valence-electron chi connectivity index (χ1n) is 17.9. The van der Waals surface area contributed by atoms with Crippen LogP contribution in [-0.4, -0.2) is 95.4 Å². The number of anilines is 2. The maximum atomic E-state index is 13.9. The predicted octanol–water partition coefficient (Wildman–Crippen LogP) is 6.31. The number of aromatic nitrogens is 2. The number of nitrogens with zero attached hydrogens (tertiary/aromatic N) is 5. The fourth-order valence-corrected chi connectivity index (χ4v) is 7.81. The normalized spacial score (nSPS) is 21.3. The zero-order chi connectivity index (χ0) is 36.3. The molecule has 5 rings (SSSR count). The fraction of sp³-hybridized carbons (Fsp3) is 0.649. The van der Waals surface area contributed by atoms with Gasteiger partial charge in [0.1, 0.15) is 6.04 Å². The van der Waals surface area contributed by atoms with E-state index in [4.69, 9.17) is 16.3 Å². The highest BCUT2D eigenvalue weighted by molar-refractivity contribution is 6.31. The summed E-state index contributed by atoms with van der Waals surface area (Å²) in [5.41, 5.74) is 3.23. The van der Waals surface area contributed by atoms with E-state index >= 15 is 0 Å². The second-order valence-electron chi connectivity index (χ2n) is 14.6. The summed E-state index contributed by atoms with van der Waals surface area (Å²) in [5.74, 6) is -2.73. The van der Waals surface area contributed by atoms with Crippen molar-refractivity contribution in [1.29, 1.82) is 0 Å². The van der Waals surface area contributed by atoms with Crippen LogP contribution >= 0.6 is 11.6 Å². The molecule has 13 heteroatoms. The van der Waals surface area contributed by atoms with Crippen molar-refractivity contribution in [1.82, 2.24) is 19.8 Å². The minimum absolute atomic E-state index is 0.0447. The number of aryl methyl sites for hydroxylation is 3. The highest BCUT2D eigenvalue weighted by Gasteiger charge is 2.43. The zero-order valence-electron chi connectivity index (χ0n) is 30.1. The Kier molecular flexibility index (Phi) is 12.0. The number of amides is 2. The summed E-state index contributed by atoms with van der Waals surface area (Å²) in [5, 5.41) is 3.67. The Bertz CT molecular complexity index is 1530. The van der Waals surface area contributed by atoms with E-state index < -0.39 is 17.9 Å². The lowest BCUT2D eigenvalue weighted by molar-refractivity contribution is -0.145. The van der Waals surface area contributed by atoms with Gasteiger partial charge >= 0.3 is 5.97 Å². The van der Waals surface area contributed by atoms with Crippen LogP contribution in [0.3, 0.4) is 0 Å². The molecular weight excluding hydrogens is 666 g/mol. The van der Waals surface area contributed by atoms with Gasteiger partial charge in [-0.25, -0.2) is 23.5 Å². The number of benzene rings is 1. The first kappa shape index (κ1) is 37.9. The summed E-state index contributed by atoms with van der Waals surface area (Å²) >= 11 is 6.42. The third kappa shape index (κ3) is 8.73. The molecule has 1 aliphatic carbocycles. The van der Waals surface area contributed by atoms with E-state index in [1.54, 1.807) is 31.7 Å². The van der Waals surface area contributed by atoms with Gasteiger partial charge in [-0.15, -0.1) is 0 Å². The van der Waals surface area contributed by atoms with E-state index in [0.29, 0.717) is 65.1 Å². The molecule has 2 aromatic rings. The lowest BCUT2D eigenvalue weighted by atomic mass is 9.85. The lowest BCUT2D eigenvalue weighted by Crippen LogP contribution is -2.41. The molecule has 1 aromatic heterocycles. The number of halogens is 3. The number of rotatable bonds is 12. The van der Waals surface area contributed by atoms with E-state index in [2.05, 4.69) is 20.2 Å². The first-order valence-corrected chi connectivity index (χ1v) is 18.3. The van der Waals surface area contributed by atoms with Crippen molar-refractivity contribution in [3.8, 4) is 0 Å². The summed E-state index contributed by atoms with van der Waals surface area (Å²) in [6.07, 6.45) is 0.588. The smallest absolute Gasteiger partial charge is 0.328 e. The second-order valence-corrected chi connectivity index (χ2v) is 15.0. The van der Waals surface area contributed by atoms with Crippen LogP contribution in [0, 0.1) is 44.4 Å². The van der Waals surface area contributed by atoms with E-state index in [9.17, 15) is 23.2 Å². The van der Waals surface area contributed by atoms with E-state index in [-0.39, 0.29) is 56.0 Å². The third-order valence-corrected chi connectivity index (χ3v) is 10.9. The van der Waals surface area contributed by atoms with Gasteiger partial charge in [-0.05, 0) is 89.0 Å². The van der Waals surface area contributed by atoms with E-state index in [0.717, 1.165) is 31.6 Å². The molecule has 0 radical (unpaired) electrons. The molecule has 3 heterocycles. The highest BCUT2D eigenvalue weighted by Crippen LogP contribution is 2.38. The topological polar surface area (TPSA) is 108 Å². The van der Waals surface area contributed by atoms with Gasteiger partial charge in [-0.1, -0.05) is 31.5 Å². The van der Waals surface area contributed by atoms with Crippen LogP contribution in [-0.2, 0) is 14.3 Å². The van der Waals surface area contributed by atoms with Gasteiger partial charge in [0.2, 0.25) is 17.8 Å². The number of carbonyl (C=O) groups excluding carboxylic acids is 3. The quantitative estimate of drug-likeness (QED) is 0.255. The molecule has 3 atom stereocenters. The molecule has 0 bridgehead atoms. The zero-order valence-corrected chi connectivity index (χ0v) is 30.9. The predicted molar refractivity (Wildman–Crippen MR) is 190 cm³/mol. The number of hydrogen-bond acceptors (Lipinski definition) is 8. The summed E-state index contributed by atoms with van der Waals surface area (Å²) in [7, 11) is 0. The molecule has 1 aromatic carbocycles. The minimum Gasteiger partial charge on any atom is -0.464 e. The Morgan fingerprint density at radius 2 is 1.66 bits per heavy atom. The van der Waals surface area contributed by atoms with Crippen LogP contribution in [0.5, 0.6) is 0 Å².